The van der Waals surface area contributed by atoms with Crippen molar-refractivity contribution in [3.8, 4) is 0 Å². The minimum absolute atomic E-state index is 0.126. The summed E-state index contributed by atoms with van der Waals surface area (Å²) in [5.74, 6) is -0.900. The van der Waals surface area contributed by atoms with Gasteiger partial charge in [0.2, 0.25) is 5.91 Å². The van der Waals surface area contributed by atoms with Crippen LogP contribution in [0.4, 0.5) is 10.1 Å². The lowest BCUT2D eigenvalue weighted by Crippen LogP contribution is -2.42. The second-order valence-corrected chi connectivity index (χ2v) is 7.91. The van der Waals surface area contributed by atoms with Crippen molar-refractivity contribution in [2.45, 2.75) is 20.8 Å². The molecule has 0 unspecified atom stereocenters. The van der Waals surface area contributed by atoms with Crippen LogP contribution in [0.1, 0.15) is 31.1 Å². The van der Waals surface area contributed by atoms with Crippen molar-refractivity contribution < 1.29 is 14.0 Å². The van der Waals surface area contributed by atoms with Gasteiger partial charge in [0, 0.05) is 29.2 Å². The number of carbonyl (C=O) groups is 2. The van der Waals surface area contributed by atoms with E-state index in [9.17, 15) is 14.0 Å². The number of hydrogen-bond donors (Lipinski definition) is 1. The summed E-state index contributed by atoms with van der Waals surface area (Å²) in [5, 5.41) is 3.44. The van der Waals surface area contributed by atoms with Crippen LogP contribution in [-0.2, 0) is 4.79 Å². The Morgan fingerprint density at radius 2 is 1.70 bits per heavy atom. The average molecular weight is 411 g/mol. The molecule has 27 heavy (non-hydrogen) atoms. The zero-order valence-electron chi connectivity index (χ0n) is 15.4. The van der Waals surface area contributed by atoms with E-state index < -0.39 is 11.2 Å². The van der Waals surface area contributed by atoms with Gasteiger partial charge in [-0.05, 0) is 42.5 Å². The van der Waals surface area contributed by atoms with E-state index >= 15 is 0 Å². The van der Waals surface area contributed by atoms with Crippen molar-refractivity contribution in [3.05, 3.63) is 63.9 Å². The molecule has 0 atom stereocenters. The lowest BCUT2D eigenvalue weighted by Gasteiger charge is -2.25. The highest BCUT2D eigenvalue weighted by atomic mass is 35.5. The average Bonchev–Trinajstić information content (AvgIpc) is 2.58. The fourth-order valence-electron chi connectivity index (χ4n) is 2.32. The normalized spacial score (nSPS) is 11.2. The van der Waals surface area contributed by atoms with Gasteiger partial charge in [-0.1, -0.05) is 44.0 Å². The number of amides is 2. The highest BCUT2D eigenvalue weighted by molar-refractivity contribution is 6.37. The molecule has 2 rings (SSSR count). The van der Waals surface area contributed by atoms with Crippen LogP contribution in [0.3, 0.4) is 0 Å². The molecule has 4 nitrogen and oxygen atoms in total. The lowest BCUT2D eigenvalue weighted by molar-refractivity contribution is -0.128. The number of hydrogen-bond acceptors (Lipinski definition) is 2. The van der Waals surface area contributed by atoms with Crippen LogP contribution in [0.15, 0.2) is 42.5 Å². The van der Waals surface area contributed by atoms with Crippen LogP contribution in [0.2, 0.25) is 10.0 Å². The van der Waals surface area contributed by atoms with Gasteiger partial charge in [0.05, 0.1) is 10.6 Å². The highest BCUT2D eigenvalue weighted by Crippen LogP contribution is 2.25. The third-order valence-electron chi connectivity index (χ3n) is 3.85. The summed E-state index contributed by atoms with van der Waals surface area (Å²) in [5.41, 5.74) is 0.231. The molecule has 0 heterocycles. The number of benzene rings is 2. The Morgan fingerprint density at radius 1 is 1.07 bits per heavy atom. The summed E-state index contributed by atoms with van der Waals surface area (Å²) in [6.07, 6.45) is 0. The number of halogens is 3. The Bertz CT molecular complexity index is 833. The maximum Gasteiger partial charge on any atom is 0.259 e. The molecule has 0 bridgehead atoms. The van der Waals surface area contributed by atoms with E-state index in [0.717, 1.165) is 0 Å². The van der Waals surface area contributed by atoms with E-state index in [-0.39, 0.29) is 35.5 Å². The number of rotatable bonds is 5. The summed E-state index contributed by atoms with van der Waals surface area (Å²) in [7, 11) is 0. The van der Waals surface area contributed by atoms with Gasteiger partial charge in [0.25, 0.3) is 5.91 Å². The summed E-state index contributed by atoms with van der Waals surface area (Å²) in [4.78, 5) is 26.5. The Labute approximate surface area is 168 Å². The van der Waals surface area contributed by atoms with Crippen molar-refractivity contribution in [3.63, 3.8) is 0 Å². The molecule has 7 heteroatoms. The topological polar surface area (TPSA) is 49.4 Å². The predicted octanol–water partition coefficient (Wildman–Crippen LogP) is 4.94. The Morgan fingerprint density at radius 3 is 2.26 bits per heavy atom. The van der Waals surface area contributed by atoms with Crippen LogP contribution in [0, 0.1) is 11.2 Å². The summed E-state index contributed by atoms with van der Waals surface area (Å²) in [6.45, 7) is 5.85. The molecule has 0 radical (unpaired) electrons. The maximum absolute atomic E-state index is 13.3. The van der Waals surface area contributed by atoms with E-state index in [1.165, 1.54) is 41.3 Å². The van der Waals surface area contributed by atoms with Crippen molar-refractivity contribution in [2.24, 2.45) is 5.41 Å². The molecule has 0 fully saturated rings. The summed E-state index contributed by atoms with van der Waals surface area (Å²) >= 11 is 12.1. The third-order valence-corrected chi connectivity index (χ3v) is 4.39. The molecule has 0 spiro atoms. The molecule has 0 aliphatic rings. The van der Waals surface area contributed by atoms with E-state index in [1.54, 1.807) is 26.8 Å². The van der Waals surface area contributed by atoms with Gasteiger partial charge < -0.3 is 10.2 Å². The minimum atomic E-state index is -0.537. The lowest BCUT2D eigenvalue weighted by atomic mass is 9.96. The zero-order chi connectivity index (χ0) is 20.2. The first-order valence-corrected chi connectivity index (χ1v) is 9.16. The Kier molecular flexibility index (Phi) is 6.84. The van der Waals surface area contributed by atoms with Gasteiger partial charge in [-0.15, -0.1) is 0 Å². The first kappa shape index (κ1) is 21.2. The molecule has 144 valence electrons. The van der Waals surface area contributed by atoms with Gasteiger partial charge in [0.15, 0.2) is 0 Å². The van der Waals surface area contributed by atoms with Crippen LogP contribution in [-0.4, -0.2) is 24.9 Å². The molecular weight excluding hydrogens is 390 g/mol. The number of anilines is 1. The standard InChI is InChI=1S/C20H21Cl2FN2O2/c1-20(2,3)19(27)24-10-11-25(15-7-5-14(23)6-8-15)18(26)16-9-4-13(21)12-17(16)22/h4-9,12H,10-11H2,1-3H3,(H,24,27). The molecule has 0 saturated carbocycles. The molecule has 2 amide bonds. The molecular formula is C20H21Cl2FN2O2. The number of nitrogens with zero attached hydrogens (tertiary/aromatic N) is 1. The smallest absolute Gasteiger partial charge is 0.259 e. The molecule has 0 aliphatic carbocycles. The maximum atomic E-state index is 13.3. The summed E-state index contributed by atoms with van der Waals surface area (Å²) < 4.78 is 13.3. The largest absolute Gasteiger partial charge is 0.354 e. The number of nitrogens with one attached hydrogen (secondary N) is 1. The zero-order valence-corrected chi connectivity index (χ0v) is 16.9. The van der Waals surface area contributed by atoms with E-state index in [1.807, 2.05) is 0 Å². The predicted molar refractivity (Wildman–Crippen MR) is 107 cm³/mol. The second-order valence-electron chi connectivity index (χ2n) is 7.06. The SMILES string of the molecule is CC(C)(C)C(=O)NCCN(C(=O)c1ccc(Cl)cc1Cl)c1ccc(F)cc1. The highest BCUT2D eigenvalue weighted by Gasteiger charge is 2.23. The first-order chi connectivity index (χ1) is 12.6. The quantitative estimate of drug-likeness (QED) is 0.758. The van der Waals surface area contributed by atoms with Gasteiger partial charge in [0.1, 0.15) is 5.82 Å². The van der Waals surface area contributed by atoms with Crippen molar-refractivity contribution in [1.82, 2.24) is 5.32 Å². The Balaban J connectivity index is 2.25. The van der Waals surface area contributed by atoms with Gasteiger partial charge in [-0.2, -0.15) is 0 Å². The Hall–Kier alpha value is -2.11. The minimum Gasteiger partial charge on any atom is -0.354 e. The number of carbonyl (C=O) groups excluding carboxylic acids is 2. The molecule has 0 saturated heterocycles. The van der Waals surface area contributed by atoms with Crippen molar-refractivity contribution in [1.29, 1.82) is 0 Å². The van der Waals surface area contributed by atoms with Crippen molar-refractivity contribution >= 4 is 40.7 Å². The molecule has 0 aromatic heterocycles. The monoisotopic (exact) mass is 410 g/mol. The van der Waals surface area contributed by atoms with Gasteiger partial charge >= 0.3 is 0 Å². The molecule has 2 aromatic rings. The van der Waals surface area contributed by atoms with Crippen LogP contribution in [0.5, 0.6) is 0 Å². The van der Waals surface area contributed by atoms with Gasteiger partial charge in [-0.25, -0.2) is 4.39 Å². The van der Waals surface area contributed by atoms with Gasteiger partial charge in [-0.3, -0.25) is 9.59 Å². The van der Waals surface area contributed by atoms with E-state index in [2.05, 4.69) is 5.32 Å². The van der Waals surface area contributed by atoms with E-state index in [0.29, 0.717) is 10.7 Å². The third kappa shape index (κ3) is 5.68. The van der Waals surface area contributed by atoms with Crippen LogP contribution >= 0.6 is 23.2 Å². The summed E-state index contributed by atoms with van der Waals surface area (Å²) in [6, 6.07) is 10.1. The molecule has 1 N–H and O–H groups in total. The first-order valence-electron chi connectivity index (χ1n) is 8.40. The fraction of sp³-hybridized carbons (Fsp3) is 0.300. The fourth-order valence-corrected chi connectivity index (χ4v) is 2.81. The second kappa shape index (κ2) is 8.72. The van der Waals surface area contributed by atoms with E-state index in [4.69, 9.17) is 23.2 Å². The van der Waals surface area contributed by atoms with Crippen LogP contribution in [0.25, 0.3) is 0 Å². The molecule has 2 aromatic carbocycles. The van der Waals surface area contributed by atoms with Crippen molar-refractivity contribution in [2.75, 3.05) is 18.0 Å². The van der Waals surface area contributed by atoms with Crippen LogP contribution < -0.4 is 10.2 Å². The molecule has 0 aliphatic heterocycles.